The second-order valence-electron chi connectivity index (χ2n) is 6.24. The van der Waals surface area contributed by atoms with Crippen molar-refractivity contribution in [2.75, 3.05) is 5.32 Å². The molecule has 0 atom stereocenters. The topological polar surface area (TPSA) is 90.6 Å². The fourth-order valence-corrected chi connectivity index (χ4v) is 3.17. The fraction of sp³-hybridized carbons (Fsp3) is 0.0952. The van der Waals surface area contributed by atoms with E-state index in [-0.39, 0.29) is 11.5 Å². The number of hydrogen-bond donors (Lipinski definition) is 3. The average Bonchev–Trinajstić information content (AvgIpc) is 3.07. The van der Waals surface area contributed by atoms with E-state index in [1.807, 2.05) is 36.4 Å². The molecule has 4 aromatic rings. The van der Waals surface area contributed by atoms with E-state index < -0.39 is 0 Å². The Bertz CT molecular complexity index is 1130. The lowest BCUT2D eigenvalue weighted by Gasteiger charge is -2.06. The zero-order valence-electron chi connectivity index (χ0n) is 14.5. The number of carbonyl (C=O) groups excluding carboxylic acids is 1. The van der Waals surface area contributed by atoms with Crippen molar-refractivity contribution in [1.29, 1.82) is 0 Å². The van der Waals surface area contributed by atoms with Crippen LogP contribution in [-0.2, 0) is 11.2 Å². The molecule has 2 heterocycles. The van der Waals surface area contributed by atoms with Gasteiger partial charge in [-0.2, -0.15) is 5.10 Å². The van der Waals surface area contributed by atoms with Crippen LogP contribution in [-0.4, -0.2) is 21.1 Å². The fourth-order valence-electron chi connectivity index (χ4n) is 3.17. The van der Waals surface area contributed by atoms with Gasteiger partial charge in [-0.05, 0) is 29.7 Å². The summed E-state index contributed by atoms with van der Waals surface area (Å²) in [5.74, 6) is 0.181. The van der Waals surface area contributed by atoms with Crippen LogP contribution in [0.3, 0.4) is 0 Å². The Morgan fingerprint density at radius 3 is 2.52 bits per heavy atom. The SMILES string of the molecule is O=C(CCc1c(-c2ccccc2)[nH]c2ccccc12)Nc1ccc(=O)[nH]n1. The molecule has 0 unspecified atom stereocenters. The number of hydrogen-bond acceptors (Lipinski definition) is 3. The lowest BCUT2D eigenvalue weighted by atomic mass is 10.0. The summed E-state index contributed by atoms with van der Waals surface area (Å²) in [6.07, 6.45) is 0.895. The van der Waals surface area contributed by atoms with Gasteiger partial charge in [-0.1, -0.05) is 48.5 Å². The van der Waals surface area contributed by atoms with E-state index in [4.69, 9.17) is 0 Å². The van der Waals surface area contributed by atoms with Crippen molar-refractivity contribution in [1.82, 2.24) is 15.2 Å². The largest absolute Gasteiger partial charge is 0.354 e. The Morgan fingerprint density at radius 2 is 1.74 bits per heavy atom. The molecule has 4 rings (SSSR count). The minimum absolute atomic E-state index is 0.154. The number of rotatable bonds is 5. The minimum atomic E-state index is -0.306. The Labute approximate surface area is 155 Å². The molecule has 6 heteroatoms. The van der Waals surface area contributed by atoms with Crippen LogP contribution in [0, 0.1) is 0 Å². The molecule has 134 valence electrons. The van der Waals surface area contributed by atoms with Crippen molar-refractivity contribution >= 4 is 22.6 Å². The molecule has 1 amide bonds. The van der Waals surface area contributed by atoms with Crippen LogP contribution in [0.1, 0.15) is 12.0 Å². The molecular formula is C21H18N4O2. The van der Waals surface area contributed by atoms with Gasteiger partial charge in [0, 0.05) is 29.1 Å². The summed E-state index contributed by atoms with van der Waals surface area (Å²) in [5, 5.41) is 9.93. The maximum atomic E-state index is 12.3. The number of aryl methyl sites for hydroxylation is 1. The van der Waals surface area contributed by atoms with Crippen molar-refractivity contribution in [3.8, 4) is 11.3 Å². The standard InChI is InChI=1S/C21H18N4O2/c26-19(23-18-11-13-20(27)25-24-18)12-10-16-15-8-4-5-9-17(15)22-21(16)14-6-2-1-3-7-14/h1-9,11,13,22H,10,12H2,(H,25,27)(H,23,24,26). The first kappa shape index (κ1) is 16.8. The van der Waals surface area contributed by atoms with Crippen LogP contribution in [0.15, 0.2) is 71.5 Å². The predicted molar refractivity (Wildman–Crippen MR) is 106 cm³/mol. The highest BCUT2D eigenvalue weighted by atomic mass is 16.1. The molecule has 0 fully saturated rings. The maximum absolute atomic E-state index is 12.3. The Balaban J connectivity index is 1.58. The molecule has 3 N–H and O–H groups in total. The van der Waals surface area contributed by atoms with Gasteiger partial charge < -0.3 is 10.3 Å². The van der Waals surface area contributed by atoms with Crippen molar-refractivity contribution in [3.05, 3.63) is 82.6 Å². The number of para-hydroxylation sites is 1. The number of fused-ring (bicyclic) bond motifs is 1. The third-order valence-corrected chi connectivity index (χ3v) is 4.42. The third-order valence-electron chi connectivity index (χ3n) is 4.42. The van der Waals surface area contributed by atoms with E-state index in [9.17, 15) is 9.59 Å². The van der Waals surface area contributed by atoms with E-state index >= 15 is 0 Å². The highest BCUT2D eigenvalue weighted by Gasteiger charge is 2.14. The van der Waals surface area contributed by atoms with Gasteiger partial charge in [-0.3, -0.25) is 9.59 Å². The Morgan fingerprint density at radius 1 is 0.963 bits per heavy atom. The van der Waals surface area contributed by atoms with Crippen molar-refractivity contribution < 1.29 is 4.79 Å². The summed E-state index contributed by atoms with van der Waals surface area (Å²) in [6, 6.07) is 21.0. The van der Waals surface area contributed by atoms with Gasteiger partial charge >= 0.3 is 0 Å². The summed E-state index contributed by atoms with van der Waals surface area (Å²) in [5.41, 5.74) is 3.98. The number of carbonyl (C=O) groups is 1. The molecule has 0 aliphatic rings. The zero-order chi connectivity index (χ0) is 18.6. The smallest absolute Gasteiger partial charge is 0.264 e. The molecular weight excluding hydrogens is 340 g/mol. The number of nitrogens with zero attached hydrogens (tertiary/aromatic N) is 1. The van der Waals surface area contributed by atoms with Crippen LogP contribution in [0.25, 0.3) is 22.2 Å². The van der Waals surface area contributed by atoms with Gasteiger partial charge in [0.05, 0.1) is 0 Å². The molecule has 6 nitrogen and oxygen atoms in total. The highest BCUT2D eigenvalue weighted by Crippen LogP contribution is 2.31. The van der Waals surface area contributed by atoms with Crippen LogP contribution < -0.4 is 10.9 Å². The first-order chi connectivity index (χ1) is 13.2. The van der Waals surface area contributed by atoms with Crippen molar-refractivity contribution in [2.24, 2.45) is 0 Å². The lowest BCUT2D eigenvalue weighted by molar-refractivity contribution is -0.116. The molecule has 0 radical (unpaired) electrons. The number of nitrogens with one attached hydrogen (secondary N) is 3. The molecule has 0 saturated carbocycles. The molecule has 0 spiro atoms. The second kappa shape index (κ2) is 7.29. The lowest BCUT2D eigenvalue weighted by Crippen LogP contribution is -2.16. The van der Waals surface area contributed by atoms with Crippen LogP contribution in [0.5, 0.6) is 0 Å². The zero-order valence-corrected chi connectivity index (χ0v) is 14.5. The average molecular weight is 358 g/mol. The second-order valence-corrected chi connectivity index (χ2v) is 6.24. The summed E-state index contributed by atoms with van der Waals surface area (Å²) in [6.45, 7) is 0. The van der Waals surface area contributed by atoms with Crippen molar-refractivity contribution in [3.63, 3.8) is 0 Å². The molecule has 2 aromatic carbocycles. The van der Waals surface area contributed by atoms with Gasteiger partial charge in [0.25, 0.3) is 5.56 Å². The predicted octanol–water partition coefficient (Wildman–Crippen LogP) is 3.49. The van der Waals surface area contributed by atoms with E-state index in [1.54, 1.807) is 0 Å². The summed E-state index contributed by atoms with van der Waals surface area (Å²) in [4.78, 5) is 26.9. The Hall–Kier alpha value is -3.67. The highest BCUT2D eigenvalue weighted by molar-refractivity contribution is 5.93. The number of H-pyrrole nitrogens is 2. The number of aromatic amines is 2. The third kappa shape index (κ3) is 3.64. The summed E-state index contributed by atoms with van der Waals surface area (Å²) < 4.78 is 0. The van der Waals surface area contributed by atoms with Crippen LogP contribution >= 0.6 is 0 Å². The number of aromatic nitrogens is 3. The van der Waals surface area contributed by atoms with Gasteiger partial charge in [0.1, 0.15) is 0 Å². The molecule has 0 aliphatic heterocycles. The van der Waals surface area contributed by atoms with Crippen LogP contribution in [0.4, 0.5) is 5.82 Å². The molecule has 27 heavy (non-hydrogen) atoms. The normalized spacial score (nSPS) is 10.8. The summed E-state index contributed by atoms with van der Waals surface area (Å²) in [7, 11) is 0. The maximum Gasteiger partial charge on any atom is 0.264 e. The molecule has 0 bridgehead atoms. The van der Waals surface area contributed by atoms with Crippen molar-refractivity contribution in [2.45, 2.75) is 12.8 Å². The van der Waals surface area contributed by atoms with E-state index in [0.717, 1.165) is 27.7 Å². The summed E-state index contributed by atoms with van der Waals surface area (Å²) >= 11 is 0. The first-order valence-electron chi connectivity index (χ1n) is 8.71. The van der Waals surface area contributed by atoms with Gasteiger partial charge in [0.15, 0.2) is 5.82 Å². The number of benzene rings is 2. The van der Waals surface area contributed by atoms with E-state index in [2.05, 4.69) is 38.7 Å². The van der Waals surface area contributed by atoms with Gasteiger partial charge in [0.2, 0.25) is 5.91 Å². The van der Waals surface area contributed by atoms with Gasteiger partial charge in [-0.15, -0.1) is 0 Å². The number of amides is 1. The molecule has 0 saturated heterocycles. The van der Waals surface area contributed by atoms with E-state index in [1.165, 1.54) is 12.1 Å². The quantitative estimate of drug-likeness (QED) is 0.510. The monoisotopic (exact) mass is 358 g/mol. The molecule has 2 aromatic heterocycles. The Kier molecular flexibility index (Phi) is 4.53. The van der Waals surface area contributed by atoms with E-state index in [0.29, 0.717) is 18.7 Å². The number of anilines is 1. The van der Waals surface area contributed by atoms with Gasteiger partial charge in [-0.25, -0.2) is 5.10 Å². The minimum Gasteiger partial charge on any atom is -0.354 e. The first-order valence-corrected chi connectivity index (χ1v) is 8.71. The molecule has 0 aliphatic carbocycles. The van der Waals surface area contributed by atoms with Crippen LogP contribution in [0.2, 0.25) is 0 Å².